The minimum absolute atomic E-state index is 0.226. The van der Waals surface area contributed by atoms with Gasteiger partial charge in [0.15, 0.2) is 0 Å². The van der Waals surface area contributed by atoms with Crippen LogP contribution in [-0.4, -0.2) is 40.5 Å². The summed E-state index contributed by atoms with van der Waals surface area (Å²) in [6.45, 7) is 3.22. The normalized spacial score (nSPS) is 36.5. The van der Waals surface area contributed by atoms with Crippen molar-refractivity contribution >= 4 is 46.4 Å². The summed E-state index contributed by atoms with van der Waals surface area (Å²) in [6.07, 6.45) is 0.798. The fourth-order valence-electron chi connectivity index (χ4n) is 3.37. The number of hydrogen-bond donors (Lipinski definition) is 1. The molecular formula is C15H18Cl4O3. The Morgan fingerprint density at radius 3 is 2.18 bits per heavy atom. The number of methoxy groups -OCH3 is 2. The summed E-state index contributed by atoms with van der Waals surface area (Å²) in [6, 6.07) is 0. The smallest absolute Gasteiger partial charge is 0.217 e. The van der Waals surface area contributed by atoms with E-state index < -0.39 is 21.1 Å². The van der Waals surface area contributed by atoms with Crippen LogP contribution in [0, 0.1) is 17.8 Å². The third-order valence-electron chi connectivity index (χ3n) is 4.27. The van der Waals surface area contributed by atoms with Gasteiger partial charge in [0.05, 0.1) is 10.1 Å². The fraction of sp³-hybridized carbons (Fsp3) is 0.733. The molecule has 1 saturated carbocycles. The zero-order valence-corrected chi connectivity index (χ0v) is 15.8. The van der Waals surface area contributed by atoms with Crippen LogP contribution in [-0.2, 0) is 9.47 Å². The highest BCUT2D eigenvalue weighted by Gasteiger charge is 2.80. The summed E-state index contributed by atoms with van der Waals surface area (Å²) in [4.78, 5) is -2.37. The highest BCUT2D eigenvalue weighted by atomic mass is 35.5. The predicted molar refractivity (Wildman–Crippen MR) is 89.4 cm³/mol. The molecule has 0 heterocycles. The highest BCUT2D eigenvalue weighted by Crippen LogP contribution is 2.72. The number of aliphatic hydroxyl groups is 1. The van der Waals surface area contributed by atoms with Crippen molar-refractivity contribution in [3.8, 4) is 11.8 Å². The first kappa shape index (κ1) is 18.7. The third kappa shape index (κ3) is 2.24. The lowest BCUT2D eigenvalue weighted by Gasteiger charge is -2.41. The van der Waals surface area contributed by atoms with Crippen LogP contribution in [0.5, 0.6) is 0 Å². The van der Waals surface area contributed by atoms with Crippen LogP contribution in [0.25, 0.3) is 0 Å². The van der Waals surface area contributed by atoms with E-state index in [0.717, 1.165) is 0 Å². The quantitative estimate of drug-likeness (QED) is 0.454. The number of alkyl halides is 2. The summed E-state index contributed by atoms with van der Waals surface area (Å²) >= 11 is 26.2. The number of rotatable bonds is 3. The molecule has 3 unspecified atom stereocenters. The van der Waals surface area contributed by atoms with Gasteiger partial charge in [-0.25, -0.2) is 0 Å². The first-order valence-electron chi connectivity index (χ1n) is 6.77. The summed E-state index contributed by atoms with van der Waals surface area (Å²) in [5, 5.41) is 10.2. The minimum atomic E-state index is -1.36. The Morgan fingerprint density at radius 2 is 1.77 bits per heavy atom. The Morgan fingerprint density at radius 1 is 1.23 bits per heavy atom. The van der Waals surface area contributed by atoms with E-state index in [0.29, 0.717) is 12.8 Å². The van der Waals surface area contributed by atoms with E-state index >= 15 is 0 Å². The first-order chi connectivity index (χ1) is 10.00. The van der Waals surface area contributed by atoms with Gasteiger partial charge in [-0.1, -0.05) is 35.0 Å². The number of halogens is 4. The average molecular weight is 388 g/mol. The number of hydrogen-bond acceptors (Lipinski definition) is 3. The van der Waals surface area contributed by atoms with Crippen molar-refractivity contribution in [2.45, 2.75) is 47.8 Å². The number of fused-ring (bicyclic) bond motifs is 2. The molecule has 3 nitrogen and oxygen atoms in total. The van der Waals surface area contributed by atoms with Gasteiger partial charge in [0.25, 0.3) is 0 Å². The van der Waals surface area contributed by atoms with Crippen molar-refractivity contribution in [3.63, 3.8) is 0 Å². The minimum Gasteiger partial charge on any atom is -0.378 e. The molecule has 124 valence electrons. The van der Waals surface area contributed by atoms with E-state index in [1.807, 2.05) is 0 Å². The molecule has 7 heteroatoms. The van der Waals surface area contributed by atoms with Crippen molar-refractivity contribution in [2.24, 2.45) is 5.92 Å². The zero-order chi connectivity index (χ0) is 17.0. The van der Waals surface area contributed by atoms with Gasteiger partial charge in [0.2, 0.25) is 5.79 Å². The summed E-state index contributed by atoms with van der Waals surface area (Å²) in [7, 11) is 2.92. The number of ether oxygens (including phenoxy) is 2. The zero-order valence-electron chi connectivity index (χ0n) is 12.8. The molecule has 0 aliphatic heterocycles. The van der Waals surface area contributed by atoms with E-state index in [1.165, 1.54) is 14.2 Å². The van der Waals surface area contributed by atoms with Crippen molar-refractivity contribution < 1.29 is 14.6 Å². The molecule has 0 radical (unpaired) electrons. The van der Waals surface area contributed by atoms with E-state index in [1.54, 1.807) is 13.8 Å². The molecule has 2 aliphatic rings. The molecule has 2 rings (SSSR count). The van der Waals surface area contributed by atoms with Crippen LogP contribution in [0.1, 0.15) is 26.7 Å². The van der Waals surface area contributed by atoms with Crippen LogP contribution in [0.4, 0.5) is 0 Å². The van der Waals surface area contributed by atoms with E-state index in [4.69, 9.17) is 55.9 Å². The van der Waals surface area contributed by atoms with Gasteiger partial charge in [-0.15, -0.1) is 23.2 Å². The van der Waals surface area contributed by atoms with Crippen LogP contribution in [0.2, 0.25) is 0 Å². The van der Waals surface area contributed by atoms with Crippen molar-refractivity contribution in [1.29, 1.82) is 0 Å². The molecule has 0 aromatic rings. The predicted octanol–water partition coefficient (Wildman–Crippen LogP) is 3.82. The second kappa shape index (κ2) is 5.70. The molecule has 0 saturated heterocycles. The Kier molecular flexibility index (Phi) is 4.84. The van der Waals surface area contributed by atoms with Crippen molar-refractivity contribution in [3.05, 3.63) is 10.1 Å². The monoisotopic (exact) mass is 386 g/mol. The van der Waals surface area contributed by atoms with Gasteiger partial charge in [0, 0.05) is 26.6 Å². The van der Waals surface area contributed by atoms with Crippen LogP contribution in [0.3, 0.4) is 0 Å². The molecule has 22 heavy (non-hydrogen) atoms. The van der Waals surface area contributed by atoms with Crippen LogP contribution >= 0.6 is 46.4 Å². The fourth-order valence-corrected chi connectivity index (χ4v) is 5.45. The lowest BCUT2D eigenvalue weighted by molar-refractivity contribution is -0.218. The largest absolute Gasteiger partial charge is 0.378 e. The third-order valence-corrected chi connectivity index (χ3v) is 6.90. The second-order valence-electron chi connectivity index (χ2n) is 6.13. The molecule has 0 aromatic heterocycles. The van der Waals surface area contributed by atoms with Crippen LogP contribution < -0.4 is 0 Å². The van der Waals surface area contributed by atoms with Gasteiger partial charge in [0.1, 0.15) is 15.3 Å². The van der Waals surface area contributed by atoms with Crippen molar-refractivity contribution in [2.75, 3.05) is 14.2 Å². The molecular weight excluding hydrogens is 370 g/mol. The maximum Gasteiger partial charge on any atom is 0.217 e. The molecule has 2 aliphatic carbocycles. The van der Waals surface area contributed by atoms with E-state index in [-0.39, 0.29) is 16.0 Å². The molecule has 0 aromatic carbocycles. The average Bonchev–Trinajstić information content (AvgIpc) is 2.69. The first-order valence-corrected chi connectivity index (χ1v) is 8.28. The molecule has 3 atom stereocenters. The molecule has 1 N–H and O–H groups in total. The molecule has 0 spiro atoms. The second-order valence-corrected chi connectivity index (χ2v) is 8.13. The standard InChI is InChI=1S/C15H18Cl4O3/c1-12(2,20)7-5-6-9-8-13(18)10(16)11(17)14(9,19)15(13,21-3)22-4/h9,20H,6,8H2,1-4H3. The van der Waals surface area contributed by atoms with Gasteiger partial charge in [-0.05, 0) is 20.3 Å². The Bertz CT molecular complexity index is 568. The molecule has 2 bridgehead atoms. The van der Waals surface area contributed by atoms with Crippen LogP contribution in [0.15, 0.2) is 10.1 Å². The highest BCUT2D eigenvalue weighted by molar-refractivity contribution is 6.51. The van der Waals surface area contributed by atoms with Gasteiger partial charge >= 0.3 is 0 Å². The maximum absolute atomic E-state index is 9.69. The van der Waals surface area contributed by atoms with E-state index in [9.17, 15) is 5.11 Å². The molecule has 0 amide bonds. The maximum atomic E-state index is 9.69. The Hall–Kier alpha value is 0.340. The summed E-state index contributed by atoms with van der Waals surface area (Å²) in [5.74, 6) is 4.11. The van der Waals surface area contributed by atoms with Gasteiger partial charge in [-0.2, -0.15) is 0 Å². The van der Waals surface area contributed by atoms with E-state index in [2.05, 4.69) is 11.8 Å². The topological polar surface area (TPSA) is 38.7 Å². The summed E-state index contributed by atoms with van der Waals surface area (Å²) in [5.41, 5.74) is -1.08. The SMILES string of the molecule is COC1(OC)C2(Cl)CC(CC#CC(C)(C)O)C1(Cl)C(Cl)=C2Cl. The lowest BCUT2D eigenvalue weighted by Crippen LogP contribution is -2.56. The molecule has 1 fully saturated rings. The van der Waals surface area contributed by atoms with Gasteiger partial charge < -0.3 is 14.6 Å². The van der Waals surface area contributed by atoms with Crippen molar-refractivity contribution in [1.82, 2.24) is 0 Å². The Labute approximate surface area is 150 Å². The lowest BCUT2D eigenvalue weighted by atomic mass is 9.88. The van der Waals surface area contributed by atoms with Gasteiger partial charge in [-0.3, -0.25) is 0 Å². The summed E-state index contributed by atoms with van der Waals surface area (Å²) < 4.78 is 11.1. The Balaban J connectivity index is 2.45.